The molecular weight excluding hydrogens is 256 g/mol. The van der Waals surface area contributed by atoms with E-state index in [0.717, 1.165) is 5.75 Å². The number of carbonyl (C=O) groups excluding carboxylic acids is 1. The van der Waals surface area contributed by atoms with Gasteiger partial charge in [-0.25, -0.2) is 0 Å². The monoisotopic (exact) mass is 276 g/mol. The Morgan fingerprint density at radius 3 is 2.89 bits per heavy atom. The van der Waals surface area contributed by atoms with Crippen LogP contribution in [0.4, 0.5) is 0 Å². The Hall–Kier alpha value is -1.00. The molecule has 0 aromatic heterocycles. The molecule has 1 fully saturated rings. The van der Waals surface area contributed by atoms with Gasteiger partial charge in [-0.2, -0.15) is 0 Å². The van der Waals surface area contributed by atoms with Gasteiger partial charge in [-0.15, -0.1) is 11.8 Å². The van der Waals surface area contributed by atoms with E-state index in [1.165, 1.54) is 23.3 Å². The molecule has 2 N–H and O–H groups in total. The van der Waals surface area contributed by atoms with Crippen molar-refractivity contribution in [3.8, 4) is 0 Å². The van der Waals surface area contributed by atoms with Gasteiger partial charge in [0.2, 0.25) is 5.91 Å². The molecule has 1 aromatic carbocycles. The van der Waals surface area contributed by atoms with Crippen molar-refractivity contribution in [2.45, 2.75) is 29.7 Å². The fourth-order valence-electron chi connectivity index (χ4n) is 2.92. The van der Waals surface area contributed by atoms with Crippen molar-refractivity contribution < 1.29 is 4.79 Å². The molecule has 4 heteroatoms. The second-order valence-electron chi connectivity index (χ2n) is 5.49. The first-order valence-corrected chi connectivity index (χ1v) is 7.89. The number of nitrogens with two attached hydrogens (primary N) is 1. The quantitative estimate of drug-likeness (QED) is 0.916. The first kappa shape index (κ1) is 13.0. The van der Waals surface area contributed by atoms with E-state index in [2.05, 4.69) is 12.1 Å². The average molecular weight is 276 g/mol. The van der Waals surface area contributed by atoms with Crippen LogP contribution in [0.3, 0.4) is 0 Å². The van der Waals surface area contributed by atoms with Gasteiger partial charge in [-0.1, -0.05) is 18.2 Å². The largest absolute Gasteiger partial charge is 0.341 e. The molecule has 0 radical (unpaired) electrons. The molecule has 0 spiro atoms. The summed E-state index contributed by atoms with van der Waals surface area (Å²) in [5.74, 6) is 1.74. The second-order valence-corrected chi connectivity index (χ2v) is 6.55. The smallest absolute Gasteiger partial charge is 0.231 e. The third-order valence-corrected chi connectivity index (χ3v) is 5.43. The third-order valence-electron chi connectivity index (χ3n) is 4.25. The predicted octanol–water partition coefficient (Wildman–Crippen LogP) is 2.07. The lowest BCUT2D eigenvalue weighted by atomic mass is 9.98. The number of amides is 1. The molecule has 0 bridgehead atoms. The molecule has 1 aliphatic carbocycles. The molecule has 2 unspecified atom stereocenters. The zero-order valence-electron chi connectivity index (χ0n) is 11.2. The summed E-state index contributed by atoms with van der Waals surface area (Å²) < 4.78 is 0. The van der Waals surface area contributed by atoms with Crippen LogP contribution in [0.25, 0.3) is 0 Å². The average Bonchev–Trinajstić information content (AvgIpc) is 3.17. The topological polar surface area (TPSA) is 46.3 Å². The van der Waals surface area contributed by atoms with Crippen molar-refractivity contribution in [1.29, 1.82) is 0 Å². The molecule has 102 valence electrons. The number of hydrogen-bond donors (Lipinski definition) is 1. The number of thioether (sulfide) groups is 1. The summed E-state index contributed by atoms with van der Waals surface area (Å²) in [6, 6.07) is 8.47. The van der Waals surface area contributed by atoms with Crippen LogP contribution in [0.2, 0.25) is 0 Å². The summed E-state index contributed by atoms with van der Waals surface area (Å²) in [6.45, 7) is 0.578. The number of nitrogens with zero attached hydrogens (tertiary/aromatic N) is 1. The van der Waals surface area contributed by atoms with Gasteiger partial charge in [0.15, 0.2) is 0 Å². The first-order chi connectivity index (χ1) is 9.22. The highest BCUT2D eigenvalue weighted by Gasteiger charge is 2.38. The Bertz CT molecular complexity index is 487. The molecule has 2 aliphatic rings. The van der Waals surface area contributed by atoms with E-state index < -0.39 is 0 Å². The summed E-state index contributed by atoms with van der Waals surface area (Å²) in [5, 5.41) is 0. The molecule has 19 heavy (non-hydrogen) atoms. The maximum Gasteiger partial charge on any atom is 0.231 e. The first-order valence-electron chi connectivity index (χ1n) is 6.91. The van der Waals surface area contributed by atoms with E-state index in [-0.39, 0.29) is 17.9 Å². The molecule has 1 saturated carbocycles. The van der Waals surface area contributed by atoms with Crippen LogP contribution in [0.1, 0.15) is 24.3 Å². The van der Waals surface area contributed by atoms with Gasteiger partial charge >= 0.3 is 0 Å². The van der Waals surface area contributed by atoms with Crippen molar-refractivity contribution in [2.24, 2.45) is 11.7 Å². The van der Waals surface area contributed by atoms with E-state index in [0.29, 0.717) is 12.5 Å². The van der Waals surface area contributed by atoms with Crippen molar-refractivity contribution in [1.82, 2.24) is 4.90 Å². The molecule has 3 rings (SSSR count). The highest BCUT2D eigenvalue weighted by Crippen LogP contribution is 2.41. The van der Waals surface area contributed by atoms with Crippen LogP contribution in [-0.2, 0) is 4.79 Å². The minimum atomic E-state index is 0.0130. The molecule has 2 atom stereocenters. The molecule has 1 heterocycles. The highest BCUT2D eigenvalue weighted by molar-refractivity contribution is 7.99. The lowest BCUT2D eigenvalue weighted by Gasteiger charge is -2.29. The Kier molecular flexibility index (Phi) is 3.54. The van der Waals surface area contributed by atoms with E-state index in [1.807, 2.05) is 24.1 Å². The highest BCUT2D eigenvalue weighted by atomic mass is 32.2. The van der Waals surface area contributed by atoms with Gasteiger partial charge in [0.05, 0.1) is 5.92 Å². The third kappa shape index (κ3) is 2.39. The fraction of sp³-hybridized carbons (Fsp3) is 0.533. The number of benzene rings is 1. The summed E-state index contributed by atoms with van der Waals surface area (Å²) >= 11 is 1.79. The minimum absolute atomic E-state index is 0.0130. The van der Waals surface area contributed by atoms with Gasteiger partial charge < -0.3 is 10.6 Å². The lowest BCUT2D eigenvalue weighted by Crippen LogP contribution is -2.45. The zero-order valence-corrected chi connectivity index (χ0v) is 12.0. The SMILES string of the molecule is CN(C(=O)C1CSc2ccccc21)C(CN)C1CC1. The Balaban J connectivity index is 1.77. The van der Waals surface area contributed by atoms with Crippen LogP contribution >= 0.6 is 11.8 Å². The van der Waals surface area contributed by atoms with Crippen LogP contribution in [0.15, 0.2) is 29.2 Å². The van der Waals surface area contributed by atoms with Crippen molar-refractivity contribution in [3.63, 3.8) is 0 Å². The minimum Gasteiger partial charge on any atom is -0.341 e. The second kappa shape index (κ2) is 5.17. The Morgan fingerprint density at radius 2 is 2.21 bits per heavy atom. The van der Waals surface area contributed by atoms with E-state index in [4.69, 9.17) is 5.73 Å². The van der Waals surface area contributed by atoms with Crippen molar-refractivity contribution in [3.05, 3.63) is 29.8 Å². The van der Waals surface area contributed by atoms with E-state index >= 15 is 0 Å². The molecular formula is C15H20N2OS. The zero-order chi connectivity index (χ0) is 13.4. The molecule has 0 saturated heterocycles. The van der Waals surface area contributed by atoms with Crippen LogP contribution in [0, 0.1) is 5.92 Å². The Morgan fingerprint density at radius 1 is 1.47 bits per heavy atom. The number of carbonyl (C=O) groups is 1. The fourth-order valence-corrected chi connectivity index (χ4v) is 4.14. The van der Waals surface area contributed by atoms with Crippen molar-refractivity contribution >= 4 is 17.7 Å². The summed E-state index contributed by atoms with van der Waals surface area (Å²) in [5.41, 5.74) is 7.04. The number of rotatable bonds is 4. The Labute approximate surface area is 118 Å². The standard InChI is InChI=1S/C15H20N2OS/c1-17(13(8-16)10-6-7-10)15(18)12-9-19-14-5-3-2-4-11(12)14/h2-5,10,12-13H,6-9,16H2,1H3. The summed E-state index contributed by atoms with van der Waals surface area (Å²) in [7, 11) is 1.92. The maximum atomic E-state index is 12.7. The van der Waals surface area contributed by atoms with Gasteiger partial charge in [0.25, 0.3) is 0 Å². The number of fused-ring (bicyclic) bond motifs is 1. The van der Waals surface area contributed by atoms with Crippen LogP contribution < -0.4 is 5.73 Å². The van der Waals surface area contributed by atoms with E-state index in [1.54, 1.807) is 11.8 Å². The van der Waals surface area contributed by atoms with Crippen LogP contribution in [0.5, 0.6) is 0 Å². The van der Waals surface area contributed by atoms with Crippen molar-refractivity contribution in [2.75, 3.05) is 19.3 Å². The summed E-state index contributed by atoms with van der Waals surface area (Å²) in [6.07, 6.45) is 2.44. The van der Waals surface area contributed by atoms with E-state index in [9.17, 15) is 4.79 Å². The lowest BCUT2D eigenvalue weighted by molar-refractivity contribution is -0.133. The van der Waals surface area contributed by atoms with Gasteiger partial charge in [-0.3, -0.25) is 4.79 Å². The molecule has 3 nitrogen and oxygen atoms in total. The van der Waals surface area contributed by atoms with Gasteiger partial charge in [-0.05, 0) is 30.4 Å². The van der Waals surface area contributed by atoms with Gasteiger partial charge in [0, 0.05) is 30.3 Å². The summed E-state index contributed by atoms with van der Waals surface area (Å²) in [4.78, 5) is 15.9. The van der Waals surface area contributed by atoms with Gasteiger partial charge in [0.1, 0.15) is 0 Å². The molecule has 1 amide bonds. The number of hydrogen-bond acceptors (Lipinski definition) is 3. The maximum absolute atomic E-state index is 12.7. The number of likely N-dealkylation sites (N-methyl/N-ethyl adjacent to an activating group) is 1. The van der Waals surface area contributed by atoms with Crippen LogP contribution in [-0.4, -0.2) is 36.2 Å². The predicted molar refractivity (Wildman–Crippen MR) is 78.2 cm³/mol. The molecule has 1 aromatic rings. The molecule has 1 aliphatic heterocycles. The normalized spacial score (nSPS) is 22.9.